The van der Waals surface area contributed by atoms with Gasteiger partial charge in [0.05, 0.1) is 18.3 Å². The van der Waals surface area contributed by atoms with Crippen molar-refractivity contribution in [2.45, 2.75) is 116 Å². The zero-order valence-electron chi connectivity index (χ0n) is 18.6. The van der Waals surface area contributed by atoms with Crippen LogP contribution in [-0.4, -0.2) is 40.3 Å². The van der Waals surface area contributed by atoms with E-state index in [1.807, 2.05) is 26.0 Å². The molecule has 0 aromatic heterocycles. The molecule has 0 heterocycles. The van der Waals surface area contributed by atoms with Crippen LogP contribution in [0.1, 0.15) is 97.8 Å². The lowest BCUT2D eigenvalue weighted by atomic mass is 9.86. The molecule has 0 aliphatic heterocycles. The molecule has 5 nitrogen and oxygen atoms in total. The molecule has 0 aromatic rings. The normalized spacial score (nSPS) is 24.5. The van der Waals surface area contributed by atoms with Crippen LogP contribution in [0, 0.1) is 11.8 Å². The number of carbonyl (C=O) groups is 2. The molecule has 0 bridgehead atoms. The van der Waals surface area contributed by atoms with Crippen LogP contribution in [0.4, 0.5) is 0 Å². The molecule has 4 atom stereocenters. The number of unbranched alkanes of at least 4 members (excludes halogenated alkanes) is 4. The smallest absolute Gasteiger partial charge is 0.306 e. The average Bonchev–Trinajstić information content (AvgIpc) is 2.92. The van der Waals surface area contributed by atoms with Gasteiger partial charge in [-0.3, -0.25) is 9.59 Å². The Balaban J connectivity index is 2.32. The van der Waals surface area contributed by atoms with Gasteiger partial charge in [0.25, 0.3) is 0 Å². The van der Waals surface area contributed by atoms with Crippen molar-refractivity contribution in [3.05, 3.63) is 12.2 Å². The molecule has 1 rings (SSSR count). The summed E-state index contributed by atoms with van der Waals surface area (Å²) < 4.78 is 5.11. The SMILES string of the molecule is CCCCCCC(=O)CC[C@@H]1[C@@H](C/C=C\CCCC(=O)OC(C)C)[C@@H](O)C[C@H]1O. The second-order valence-corrected chi connectivity index (χ2v) is 8.72. The second-order valence-electron chi connectivity index (χ2n) is 8.72. The summed E-state index contributed by atoms with van der Waals surface area (Å²) >= 11 is 0. The molecule has 29 heavy (non-hydrogen) atoms. The van der Waals surface area contributed by atoms with E-state index in [1.165, 1.54) is 6.42 Å². The number of ketones is 1. The highest BCUT2D eigenvalue weighted by molar-refractivity contribution is 5.78. The highest BCUT2D eigenvalue weighted by atomic mass is 16.5. The largest absolute Gasteiger partial charge is 0.463 e. The van der Waals surface area contributed by atoms with Crippen molar-refractivity contribution in [1.82, 2.24) is 0 Å². The third-order valence-electron chi connectivity index (χ3n) is 5.78. The van der Waals surface area contributed by atoms with Gasteiger partial charge < -0.3 is 14.9 Å². The molecule has 0 amide bonds. The van der Waals surface area contributed by atoms with Crippen LogP contribution in [0.3, 0.4) is 0 Å². The van der Waals surface area contributed by atoms with E-state index in [9.17, 15) is 19.8 Å². The zero-order valence-corrected chi connectivity index (χ0v) is 18.6. The number of aliphatic hydroxyl groups excluding tert-OH is 2. The van der Waals surface area contributed by atoms with Crippen LogP contribution < -0.4 is 0 Å². The summed E-state index contributed by atoms with van der Waals surface area (Å²) in [7, 11) is 0. The molecule has 1 aliphatic rings. The second kappa shape index (κ2) is 14.7. The molecular formula is C24H42O5. The Hall–Kier alpha value is -1.20. The number of carbonyl (C=O) groups excluding carboxylic acids is 2. The van der Waals surface area contributed by atoms with E-state index >= 15 is 0 Å². The third kappa shape index (κ3) is 10.9. The van der Waals surface area contributed by atoms with E-state index in [1.54, 1.807) is 0 Å². The van der Waals surface area contributed by atoms with E-state index in [2.05, 4.69) is 6.92 Å². The van der Waals surface area contributed by atoms with Crippen LogP contribution in [0.25, 0.3) is 0 Å². The van der Waals surface area contributed by atoms with Gasteiger partial charge in [0.15, 0.2) is 0 Å². The molecule has 5 heteroatoms. The molecule has 2 N–H and O–H groups in total. The van der Waals surface area contributed by atoms with Gasteiger partial charge in [-0.2, -0.15) is 0 Å². The quantitative estimate of drug-likeness (QED) is 0.232. The average molecular weight is 411 g/mol. The zero-order chi connectivity index (χ0) is 21.6. The van der Waals surface area contributed by atoms with E-state index in [0.29, 0.717) is 38.5 Å². The number of rotatable bonds is 15. The fourth-order valence-corrected chi connectivity index (χ4v) is 4.16. The van der Waals surface area contributed by atoms with Gasteiger partial charge in [-0.25, -0.2) is 0 Å². The maximum Gasteiger partial charge on any atom is 0.306 e. The van der Waals surface area contributed by atoms with E-state index in [0.717, 1.165) is 32.1 Å². The number of hydrogen-bond acceptors (Lipinski definition) is 5. The van der Waals surface area contributed by atoms with Crippen molar-refractivity contribution < 1.29 is 24.5 Å². The minimum Gasteiger partial charge on any atom is -0.463 e. The summed E-state index contributed by atoms with van der Waals surface area (Å²) in [5, 5.41) is 20.6. The monoisotopic (exact) mass is 410 g/mol. The fraction of sp³-hybridized carbons (Fsp3) is 0.833. The first kappa shape index (κ1) is 25.8. The van der Waals surface area contributed by atoms with Crippen molar-refractivity contribution >= 4 is 11.8 Å². The molecule has 0 radical (unpaired) electrons. The van der Waals surface area contributed by atoms with Gasteiger partial charge in [-0.1, -0.05) is 38.3 Å². The van der Waals surface area contributed by atoms with Gasteiger partial charge in [0.1, 0.15) is 5.78 Å². The Labute approximate surface area is 176 Å². The van der Waals surface area contributed by atoms with Crippen molar-refractivity contribution in [1.29, 1.82) is 0 Å². The summed E-state index contributed by atoms with van der Waals surface area (Å²) in [6, 6.07) is 0. The van der Waals surface area contributed by atoms with Gasteiger partial charge in [-0.15, -0.1) is 0 Å². The summed E-state index contributed by atoms with van der Waals surface area (Å²) in [4.78, 5) is 23.6. The molecule has 168 valence electrons. The summed E-state index contributed by atoms with van der Waals surface area (Å²) in [6.07, 6.45) is 12.2. The standard InChI is InChI=1S/C24H42O5/c1-4-5-6-9-12-19(25)15-16-21-20(22(26)17-23(21)27)13-10-7-8-11-14-24(28)29-18(2)3/h7,10,18,20-23,26-27H,4-6,8-9,11-17H2,1-3H3/b10-7-/t20-,21-,22+,23-/m1/s1. The van der Waals surface area contributed by atoms with Crippen LogP contribution in [0.5, 0.6) is 0 Å². The predicted octanol–water partition coefficient (Wildman–Crippen LogP) is 4.73. The fourth-order valence-electron chi connectivity index (χ4n) is 4.16. The minimum atomic E-state index is -0.526. The highest BCUT2D eigenvalue weighted by Crippen LogP contribution is 2.38. The minimum absolute atomic E-state index is 0.0000441. The first-order valence-electron chi connectivity index (χ1n) is 11.6. The first-order chi connectivity index (χ1) is 13.8. The molecule has 0 saturated heterocycles. The number of ether oxygens (including phenoxy) is 1. The number of allylic oxidation sites excluding steroid dienone is 2. The molecule has 1 saturated carbocycles. The van der Waals surface area contributed by atoms with Crippen LogP contribution in [-0.2, 0) is 14.3 Å². The molecule has 1 aliphatic carbocycles. The number of hydrogen-bond donors (Lipinski definition) is 2. The van der Waals surface area contributed by atoms with Gasteiger partial charge in [0.2, 0.25) is 0 Å². The maximum absolute atomic E-state index is 12.1. The molecular weight excluding hydrogens is 368 g/mol. The lowest BCUT2D eigenvalue weighted by Gasteiger charge is -2.22. The van der Waals surface area contributed by atoms with Crippen LogP contribution in [0.15, 0.2) is 12.2 Å². The lowest BCUT2D eigenvalue weighted by molar-refractivity contribution is -0.147. The van der Waals surface area contributed by atoms with Crippen molar-refractivity contribution in [2.75, 3.05) is 0 Å². The Bertz CT molecular complexity index is 499. The first-order valence-corrected chi connectivity index (χ1v) is 11.6. The molecule has 0 spiro atoms. The predicted molar refractivity (Wildman–Crippen MR) is 115 cm³/mol. The Morgan fingerprint density at radius 3 is 2.38 bits per heavy atom. The van der Waals surface area contributed by atoms with E-state index < -0.39 is 12.2 Å². The van der Waals surface area contributed by atoms with E-state index in [4.69, 9.17) is 4.74 Å². The number of Topliss-reactive ketones (excluding diaryl/α,β-unsaturated/α-hetero) is 1. The lowest BCUT2D eigenvalue weighted by Crippen LogP contribution is -2.22. The summed E-state index contributed by atoms with van der Waals surface area (Å²) in [5.41, 5.74) is 0. The van der Waals surface area contributed by atoms with Crippen LogP contribution >= 0.6 is 0 Å². The van der Waals surface area contributed by atoms with Gasteiger partial charge in [-0.05, 0) is 64.2 Å². The maximum atomic E-state index is 12.1. The molecule has 0 aromatic carbocycles. The number of esters is 1. The van der Waals surface area contributed by atoms with Crippen molar-refractivity contribution in [2.24, 2.45) is 11.8 Å². The molecule has 0 unspecified atom stereocenters. The third-order valence-corrected chi connectivity index (χ3v) is 5.78. The Morgan fingerprint density at radius 1 is 0.966 bits per heavy atom. The molecule has 1 fully saturated rings. The Kier molecular flexibility index (Phi) is 13.1. The summed E-state index contributed by atoms with van der Waals surface area (Å²) in [5.74, 6) is 0.0924. The highest BCUT2D eigenvalue weighted by Gasteiger charge is 2.40. The summed E-state index contributed by atoms with van der Waals surface area (Å²) in [6.45, 7) is 5.84. The Morgan fingerprint density at radius 2 is 1.69 bits per heavy atom. The number of aliphatic hydroxyl groups is 2. The van der Waals surface area contributed by atoms with Crippen LogP contribution in [0.2, 0.25) is 0 Å². The van der Waals surface area contributed by atoms with Gasteiger partial charge >= 0.3 is 5.97 Å². The van der Waals surface area contributed by atoms with Crippen molar-refractivity contribution in [3.63, 3.8) is 0 Å². The van der Waals surface area contributed by atoms with Gasteiger partial charge in [0, 0.05) is 19.3 Å². The van der Waals surface area contributed by atoms with E-state index in [-0.39, 0.29) is 29.7 Å². The topological polar surface area (TPSA) is 83.8 Å². The van der Waals surface area contributed by atoms with Crippen molar-refractivity contribution in [3.8, 4) is 0 Å².